The molecule has 0 radical (unpaired) electrons. The number of nitrogens with zero attached hydrogens (tertiary/aromatic N) is 4. The molecule has 1 saturated carbocycles. The zero-order valence-corrected chi connectivity index (χ0v) is 23.6. The molecule has 2 fully saturated rings. The second-order valence-corrected chi connectivity index (χ2v) is 12.7. The highest BCUT2D eigenvalue weighted by molar-refractivity contribution is 7.89. The Morgan fingerprint density at radius 2 is 1.66 bits per heavy atom. The normalized spacial score (nSPS) is 19.0. The third-order valence-electron chi connectivity index (χ3n) is 8.14. The molecule has 1 saturated heterocycles. The van der Waals surface area contributed by atoms with E-state index in [-0.39, 0.29) is 6.04 Å². The number of rotatable bonds is 9. The molecule has 7 nitrogen and oxygen atoms in total. The Kier molecular flexibility index (Phi) is 8.61. The molecular formula is C30H41N5O2S. The van der Waals surface area contributed by atoms with Gasteiger partial charge in [-0.25, -0.2) is 18.4 Å². The molecule has 8 heteroatoms. The van der Waals surface area contributed by atoms with Crippen LogP contribution < -0.4 is 5.32 Å². The van der Waals surface area contributed by atoms with E-state index in [2.05, 4.69) is 36.2 Å². The molecule has 2 aromatic carbocycles. The molecule has 5 rings (SSSR count). The van der Waals surface area contributed by atoms with Gasteiger partial charge in [-0.3, -0.25) is 4.90 Å². The summed E-state index contributed by atoms with van der Waals surface area (Å²) < 4.78 is 28.2. The number of piperazine rings is 1. The summed E-state index contributed by atoms with van der Waals surface area (Å²) in [6.45, 7) is 6.52. The number of hydrogen-bond donors (Lipinski definition) is 1. The topological polar surface area (TPSA) is 78.4 Å². The monoisotopic (exact) mass is 535 g/mol. The minimum atomic E-state index is -3.50. The summed E-state index contributed by atoms with van der Waals surface area (Å²) in [5, 5.41) is 4.79. The third-order valence-corrected chi connectivity index (χ3v) is 10.1. The molecule has 38 heavy (non-hydrogen) atoms. The molecule has 0 bridgehead atoms. The SMILES string of the molecule is CCCCc1ccc(S(=O)(=O)N2CCN([C@H](C)c3nc(NC4CCCCC4)c4ccccc4n3)CC2)cc1. The van der Waals surface area contributed by atoms with Crippen molar-refractivity contribution < 1.29 is 8.42 Å². The molecule has 1 aliphatic carbocycles. The highest BCUT2D eigenvalue weighted by atomic mass is 32.2. The van der Waals surface area contributed by atoms with Crippen LogP contribution in [0.1, 0.15) is 76.2 Å². The van der Waals surface area contributed by atoms with E-state index in [1.807, 2.05) is 24.3 Å². The van der Waals surface area contributed by atoms with Gasteiger partial charge in [0, 0.05) is 37.6 Å². The molecule has 1 atom stereocenters. The van der Waals surface area contributed by atoms with Crippen LogP contribution in [0.4, 0.5) is 5.82 Å². The van der Waals surface area contributed by atoms with Crippen LogP contribution >= 0.6 is 0 Å². The Balaban J connectivity index is 1.27. The number of anilines is 1. The van der Waals surface area contributed by atoms with E-state index in [0.29, 0.717) is 37.1 Å². The van der Waals surface area contributed by atoms with Gasteiger partial charge in [0.25, 0.3) is 0 Å². The Hall–Kier alpha value is -2.55. The number of unbranched alkanes of at least 4 members (excludes halogenated alkanes) is 1. The number of para-hydroxylation sites is 1. The molecular weight excluding hydrogens is 494 g/mol. The van der Waals surface area contributed by atoms with E-state index in [1.165, 1.54) is 37.7 Å². The van der Waals surface area contributed by atoms with E-state index in [0.717, 1.165) is 41.8 Å². The number of sulfonamides is 1. The van der Waals surface area contributed by atoms with E-state index in [9.17, 15) is 8.42 Å². The fraction of sp³-hybridized carbons (Fsp3) is 0.533. The summed E-state index contributed by atoms with van der Waals surface area (Å²) >= 11 is 0. The number of nitrogens with one attached hydrogen (secondary N) is 1. The summed E-state index contributed by atoms with van der Waals surface area (Å²) in [6, 6.07) is 16.1. The molecule has 2 aliphatic rings. The number of fused-ring (bicyclic) bond motifs is 1. The molecule has 0 amide bonds. The van der Waals surface area contributed by atoms with Gasteiger partial charge >= 0.3 is 0 Å². The Morgan fingerprint density at radius 1 is 0.947 bits per heavy atom. The van der Waals surface area contributed by atoms with Gasteiger partial charge in [-0.2, -0.15) is 4.31 Å². The Labute approximate surface area is 227 Å². The van der Waals surface area contributed by atoms with Gasteiger partial charge in [-0.05, 0) is 62.4 Å². The van der Waals surface area contributed by atoms with Crippen molar-refractivity contribution in [3.8, 4) is 0 Å². The Morgan fingerprint density at radius 3 is 2.37 bits per heavy atom. The van der Waals surface area contributed by atoms with E-state index in [4.69, 9.17) is 9.97 Å². The first kappa shape index (κ1) is 27.0. The van der Waals surface area contributed by atoms with Crippen LogP contribution in [0.5, 0.6) is 0 Å². The average molecular weight is 536 g/mol. The molecule has 0 unspecified atom stereocenters. The lowest BCUT2D eigenvalue weighted by Gasteiger charge is -2.37. The summed E-state index contributed by atoms with van der Waals surface area (Å²) in [6.07, 6.45) is 9.44. The molecule has 1 aliphatic heterocycles. The smallest absolute Gasteiger partial charge is 0.243 e. The molecule has 0 spiro atoms. The lowest BCUT2D eigenvalue weighted by Crippen LogP contribution is -2.49. The largest absolute Gasteiger partial charge is 0.367 e. The maximum Gasteiger partial charge on any atom is 0.243 e. The highest BCUT2D eigenvalue weighted by Gasteiger charge is 2.31. The minimum Gasteiger partial charge on any atom is -0.367 e. The maximum atomic E-state index is 13.3. The highest BCUT2D eigenvalue weighted by Crippen LogP contribution is 2.29. The maximum absolute atomic E-state index is 13.3. The van der Waals surface area contributed by atoms with E-state index in [1.54, 1.807) is 16.4 Å². The van der Waals surface area contributed by atoms with Crippen molar-refractivity contribution in [2.24, 2.45) is 0 Å². The first-order valence-electron chi connectivity index (χ1n) is 14.3. The van der Waals surface area contributed by atoms with Crippen LogP contribution in [0.3, 0.4) is 0 Å². The molecule has 3 aromatic rings. The van der Waals surface area contributed by atoms with Crippen LogP contribution in [0.2, 0.25) is 0 Å². The second-order valence-electron chi connectivity index (χ2n) is 10.8. The van der Waals surface area contributed by atoms with Gasteiger partial charge in [0.15, 0.2) is 0 Å². The van der Waals surface area contributed by atoms with Gasteiger partial charge < -0.3 is 5.32 Å². The van der Waals surface area contributed by atoms with Crippen molar-refractivity contribution in [2.45, 2.75) is 82.2 Å². The van der Waals surface area contributed by atoms with E-state index >= 15 is 0 Å². The first-order valence-corrected chi connectivity index (χ1v) is 15.8. The first-order chi connectivity index (χ1) is 18.5. The summed E-state index contributed by atoms with van der Waals surface area (Å²) in [5.41, 5.74) is 2.14. The van der Waals surface area contributed by atoms with Gasteiger partial charge in [0.2, 0.25) is 10.0 Å². The summed E-state index contributed by atoms with van der Waals surface area (Å²) in [5.74, 6) is 1.72. The molecule has 1 aromatic heterocycles. The van der Waals surface area contributed by atoms with Crippen LogP contribution in [0.15, 0.2) is 53.4 Å². The number of hydrogen-bond acceptors (Lipinski definition) is 6. The molecule has 2 heterocycles. The zero-order valence-electron chi connectivity index (χ0n) is 22.8. The summed E-state index contributed by atoms with van der Waals surface area (Å²) in [4.78, 5) is 12.6. The van der Waals surface area contributed by atoms with Crippen molar-refractivity contribution in [3.05, 3.63) is 59.9 Å². The van der Waals surface area contributed by atoms with Gasteiger partial charge in [0.1, 0.15) is 11.6 Å². The van der Waals surface area contributed by atoms with Crippen LogP contribution in [-0.2, 0) is 16.4 Å². The quantitative estimate of drug-likeness (QED) is 0.374. The number of aryl methyl sites for hydroxylation is 1. The van der Waals surface area contributed by atoms with Crippen molar-refractivity contribution in [1.82, 2.24) is 19.2 Å². The molecule has 1 N–H and O–H groups in total. The predicted octanol–water partition coefficient (Wildman–Crippen LogP) is 5.78. The standard InChI is InChI=1S/C30H41N5O2S/c1-3-4-10-24-15-17-26(18-16-24)38(36,37)35-21-19-34(20-22-35)23(2)29-32-28-14-9-8-13-27(28)30(33-29)31-25-11-6-5-7-12-25/h8-9,13-18,23,25H,3-7,10-12,19-22H2,1-2H3,(H,31,32,33)/t23-/m1/s1. The van der Waals surface area contributed by atoms with Crippen LogP contribution in [0.25, 0.3) is 10.9 Å². The van der Waals surface area contributed by atoms with Gasteiger partial charge in [0.05, 0.1) is 16.5 Å². The zero-order chi connectivity index (χ0) is 26.5. The lowest BCUT2D eigenvalue weighted by molar-refractivity contribution is 0.141. The van der Waals surface area contributed by atoms with E-state index < -0.39 is 10.0 Å². The van der Waals surface area contributed by atoms with Crippen LogP contribution in [0, 0.1) is 0 Å². The lowest BCUT2D eigenvalue weighted by atomic mass is 9.95. The fourth-order valence-corrected chi connectivity index (χ4v) is 7.11. The van der Waals surface area contributed by atoms with Crippen molar-refractivity contribution >= 4 is 26.7 Å². The third kappa shape index (κ3) is 6.03. The number of benzene rings is 2. The van der Waals surface area contributed by atoms with Crippen molar-refractivity contribution in [3.63, 3.8) is 0 Å². The van der Waals surface area contributed by atoms with Crippen LogP contribution in [-0.4, -0.2) is 59.8 Å². The average Bonchev–Trinajstić information content (AvgIpc) is 2.96. The summed E-state index contributed by atoms with van der Waals surface area (Å²) in [7, 11) is -3.50. The second kappa shape index (κ2) is 12.1. The van der Waals surface area contributed by atoms with Crippen molar-refractivity contribution in [1.29, 1.82) is 0 Å². The van der Waals surface area contributed by atoms with Gasteiger partial charge in [-0.1, -0.05) is 56.9 Å². The van der Waals surface area contributed by atoms with Gasteiger partial charge in [-0.15, -0.1) is 0 Å². The van der Waals surface area contributed by atoms with Crippen molar-refractivity contribution in [2.75, 3.05) is 31.5 Å². The number of aromatic nitrogens is 2. The minimum absolute atomic E-state index is 0.00536. The fourth-order valence-electron chi connectivity index (χ4n) is 5.68. The molecule has 204 valence electrons. The predicted molar refractivity (Wildman–Crippen MR) is 154 cm³/mol. The Bertz CT molecular complexity index is 1310.